The predicted octanol–water partition coefficient (Wildman–Crippen LogP) is 1.50. The van der Waals surface area contributed by atoms with Gasteiger partial charge in [-0.3, -0.25) is 0 Å². The van der Waals surface area contributed by atoms with Crippen molar-refractivity contribution in [1.29, 1.82) is 0 Å². The zero-order valence-electron chi connectivity index (χ0n) is 9.43. The SMILES string of the molecule is NCC(NC1CCCC1CO)c1ccsc1. The number of hydrogen-bond donors (Lipinski definition) is 3. The summed E-state index contributed by atoms with van der Waals surface area (Å²) in [4.78, 5) is 0. The van der Waals surface area contributed by atoms with Crippen LogP contribution in [0.4, 0.5) is 0 Å². The summed E-state index contributed by atoms with van der Waals surface area (Å²) < 4.78 is 0. The molecular formula is C12H20N2OS. The second-order valence-electron chi connectivity index (χ2n) is 4.49. The molecule has 0 amide bonds. The first kappa shape index (κ1) is 12.0. The van der Waals surface area contributed by atoms with Gasteiger partial charge in [0.1, 0.15) is 0 Å². The molecule has 1 aliphatic carbocycles. The molecule has 2 rings (SSSR count). The molecule has 0 bridgehead atoms. The zero-order valence-corrected chi connectivity index (χ0v) is 10.2. The van der Waals surface area contributed by atoms with Crippen molar-refractivity contribution in [2.75, 3.05) is 13.2 Å². The van der Waals surface area contributed by atoms with Gasteiger partial charge < -0.3 is 16.2 Å². The zero-order chi connectivity index (χ0) is 11.4. The average Bonchev–Trinajstić information content (AvgIpc) is 2.96. The molecule has 1 aliphatic rings. The molecule has 3 atom stereocenters. The van der Waals surface area contributed by atoms with Crippen LogP contribution in [0.1, 0.15) is 30.9 Å². The van der Waals surface area contributed by atoms with Crippen molar-refractivity contribution in [3.05, 3.63) is 22.4 Å². The topological polar surface area (TPSA) is 58.3 Å². The van der Waals surface area contributed by atoms with Gasteiger partial charge in [0.2, 0.25) is 0 Å². The van der Waals surface area contributed by atoms with Gasteiger partial charge in [0.05, 0.1) is 0 Å². The van der Waals surface area contributed by atoms with Gasteiger partial charge in [0.15, 0.2) is 0 Å². The molecule has 1 aromatic rings. The third-order valence-electron chi connectivity index (χ3n) is 3.49. The number of nitrogens with one attached hydrogen (secondary N) is 1. The molecule has 0 spiro atoms. The minimum Gasteiger partial charge on any atom is -0.396 e. The predicted molar refractivity (Wildman–Crippen MR) is 67.5 cm³/mol. The van der Waals surface area contributed by atoms with Gasteiger partial charge in [0.25, 0.3) is 0 Å². The molecule has 90 valence electrons. The van der Waals surface area contributed by atoms with Gasteiger partial charge in [-0.05, 0) is 41.1 Å². The fourth-order valence-electron chi connectivity index (χ4n) is 2.51. The minimum atomic E-state index is 0.239. The Hall–Kier alpha value is -0.420. The third kappa shape index (κ3) is 2.63. The Labute approximate surface area is 101 Å². The van der Waals surface area contributed by atoms with Crippen molar-refractivity contribution in [3.63, 3.8) is 0 Å². The van der Waals surface area contributed by atoms with Crippen molar-refractivity contribution < 1.29 is 5.11 Å². The highest BCUT2D eigenvalue weighted by Gasteiger charge is 2.28. The lowest BCUT2D eigenvalue weighted by atomic mass is 10.0. The van der Waals surface area contributed by atoms with E-state index in [9.17, 15) is 5.11 Å². The van der Waals surface area contributed by atoms with Crippen LogP contribution >= 0.6 is 11.3 Å². The second kappa shape index (κ2) is 5.77. The molecule has 16 heavy (non-hydrogen) atoms. The standard InChI is InChI=1S/C12H20N2OS/c13-6-12(10-4-5-16-8-10)14-11-3-1-2-9(11)7-15/h4-5,8-9,11-12,14-15H,1-3,6-7,13H2. The molecule has 1 heterocycles. The van der Waals surface area contributed by atoms with E-state index in [1.165, 1.54) is 12.0 Å². The van der Waals surface area contributed by atoms with Crippen molar-refractivity contribution in [2.45, 2.75) is 31.3 Å². The summed E-state index contributed by atoms with van der Waals surface area (Å²) in [5.74, 6) is 0.410. The summed E-state index contributed by atoms with van der Waals surface area (Å²) in [7, 11) is 0. The highest BCUT2D eigenvalue weighted by Crippen LogP contribution is 2.27. The van der Waals surface area contributed by atoms with Crippen LogP contribution in [0, 0.1) is 5.92 Å². The normalized spacial score (nSPS) is 27.1. The summed E-state index contributed by atoms with van der Waals surface area (Å²) in [6.07, 6.45) is 3.50. The molecule has 4 heteroatoms. The maximum atomic E-state index is 9.28. The van der Waals surface area contributed by atoms with Gasteiger partial charge in [-0.25, -0.2) is 0 Å². The van der Waals surface area contributed by atoms with E-state index in [1.54, 1.807) is 11.3 Å². The van der Waals surface area contributed by atoms with Crippen LogP contribution in [0.5, 0.6) is 0 Å². The van der Waals surface area contributed by atoms with Crippen LogP contribution < -0.4 is 11.1 Å². The smallest absolute Gasteiger partial charge is 0.0474 e. The number of nitrogens with two attached hydrogens (primary N) is 1. The van der Waals surface area contributed by atoms with E-state index in [0.29, 0.717) is 25.1 Å². The van der Waals surface area contributed by atoms with Crippen LogP contribution in [0.3, 0.4) is 0 Å². The van der Waals surface area contributed by atoms with E-state index in [1.807, 2.05) is 0 Å². The first-order chi connectivity index (χ1) is 7.85. The van der Waals surface area contributed by atoms with E-state index in [2.05, 4.69) is 22.1 Å². The Kier molecular flexibility index (Phi) is 4.35. The summed E-state index contributed by atoms with van der Waals surface area (Å²) in [5.41, 5.74) is 7.08. The Morgan fingerprint density at radius 1 is 1.56 bits per heavy atom. The first-order valence-corrected chi connectivity index (χ1v) is 6.88. The van der Waals surface area contributed by atoms with E-state index in [0.717, 1.165) is 12.8 Å². The van der Waals surface area contributed by atoms with Crippen LogP contribution in [-0.2, 0) is 0 Å². The monoisotopic (exact) mass is 240 g/mol. The minimum absolute atomic E-state index is 0.239. The molecule has 4 N–H and O–H groups in total. The number of thiophene rings is 1. The van der Waals surface area contributed by atoms with Crippen LogP contribution in [0.2, 0.25) is 0 Å². The summed E-state index contributed by atoms with van der Waals surface area (Å²) in [6.45, 7) is 0.907. The number of aliphatic hydroxyl groups is 1. The maximum absolute atomic E-state index is 9.28. The van der Waals surface area contributed by atoms with Gasteiger partial charge in [-0.2, -0.15) is 11.3 Å². The van der Waals surface area contributed by atoms with Gasteiger partial charge >= 0.3 is 0 Å². The van der Waals surface area contributed by atoms with Crippen LogP contribution in [-0.4, -0.2) is 24.3 Å². The Balaban J connectivity index is 1.96. The molecule has 0 aliphatic heterocycles. The average molecular weight is 240 g/mol. The van der Waals surface area contributed by atoms with Crippen molar-refractivity contribution >= 4 is 11.3 Å². The number of rotatable bonds is 5. The van der Waals surface area contributed by atoms with Gasteiger partial charge in [-0.15, -0.1) is 0 Å². The van der Waals surface area contributed by atoms with Crippen LogP contribution in [0.25, 0.3) is 0 Å². The Morgan fingerprint density at radius 3 is 3.06 bits per heavy atom. The largest absolute Gasteiger partial charge is 0.396 e. The van der Waals surface area contributed by atoms with E-state index >= 15 is 0 Å². The summed E-state index contributed by atoms with van der Waals surface area (Å²) in [6, 6.07) is 2.79. The van der Waals surface area contributed by atoms with Crippen molar-refractivity contribution in [2.24, 2.45) is 11.7 Å². The highest BCUT2D eigenvalue weighted by atomic mass is 32.1. The number of aliphatic hydroxyl groups excluding tert-OH is 1. The quantitative estimate of drug-likeness (QED) is 0.731. The molecule has 1 aromatic heterocycles. The van der Waals surface area contributed by atoms with E-state index in [4.69, 9.17) is 5.73 Å². The lowest BCUT2D eigenvalue weighted by Gasteiger charge is -2.25. The molecule has 3 unspecified atom stereocenters. The highest BCUT2D eigenvalue weighted by molar-refractivity contribution is 7.07. The van der Waals surface area contributed by atoms with E-state index < -0.39 is 0 Å². The fraction of sp³-hybridized carbons (Fsp3) is 0.667. The molecule has 0 saturated heterocycles. The van der Waals surface area contributed by atoms with E-state index in [-0.39, 0.29) is 6.04 Å². The molecule has 0 radical (unpaired) electrons. The van der Waals surface area contributed by atoms with Crippen molar-refractivity contribution in [3.8, 4) is 0 Å². The molecule has 1 saturated carbocycles. The first-order valence-electron chi connectivity index (χ1n) is 5.94. The molecule has 3 nitrogen and oxygen atoms in total. The molecule has 1 fully saturated rings. The van der Waals surface area contributed by atoms with Gasteiger partial charge in [-0.1, -0.05) is 6.42 Å². The molecular weight excluding hydrogens is 220 g/mol. The Morgan fingerprint density at radius 2 is 2.44 bits per heavy atom. The lowest BCUT2D eigenvalue weighted by Crippen LogP contribution is -2.39. The maximum Gasteiger partial charge on any atom is 0.0474 e. The second-order valence-corrected chi connectivity index (χ2v) is 5.27. The van der Waals surface area contributed by atoms with Crippen LogP contribution in [0.15, 0.2) is 16.8 Å². The lowest BCUT2D eigenvalue weighted by molar-refractivity contribution is 0.200. The van der Waals surface area contributed by atoms with Gasteiger partial charge in [0, 0.05) is 25.2 Å². The fourth-order valence-corrected chi connectivity index (χ4v) is 3.22. The van der Waals surface area contributed by atoms with Crippen molar-refractivity contribution in [1.82, 2.24) is 5.32 Å². The Bertz CT molecular complexity index is 302. The molecule has 0 aromatic carbocycles. The summed E-state index contributed by atoms with van der Waals surface area (Å²) in [5, 5.41) is 17.1. The third-order valence-corrected chi connectivity index (χ3v) is 4.19. The summed E-state index contributed by atoms with van der Waals surface area (Å²) >= 11 is 1.70. The number of hydrogen-bond acceptors (Lipinski definition) is 4.